The van der Waals surface area contributed by atoms with Crippen molar-refractivity contribution in [2.75, 3.05) is 13.2 Å². The highest BCUT2D eigenvalue weighted by atomic mass is 16.8. The van der Waals surface area contributed by atoms with Crippen molar-refractivity contribution in [2.45, 2.75) is 20.0 Å². The molecule has 0 aromatic rings. The van der Waals surface area contributed by atoms with Crippen molar-refractivity contribution >= 4 is 0 Å². The third kappa shape index (κ3) is 111. The molecule has 64 valence electrons. The van der Waals surface area contributed by atoms with Crippen LogP contribution in [0.3, 0.4) is 0 Å². The minimum absolute atomic E-state index is 0.844. The standard InChI is InChI=1S/C4H10O.CH4O4/c1-3-5-4-2;2-1(3,4)5/h3-4H2,1-2H3;2-5H. The van der Waals surface area contributed by atoms with E-state index in [0.717, 1.165) is 13.2 Å². The lowest BCUT2D eigenvalue weighted by atomic mass is 10.8. The third-order valence-corrected chi connectivity index (χ3v) is 0.408. The predicted molar refractivity (Wildman–Crippen MR) is 33.8 cm³/mol. The van der Waals surface area contributed by atoms with Crippen LogP contribution in [0, 0.1) is 0 Å². The molecule has 0 bridgehead atoms. The molecule has 0 aliphatic heterocycles. The van der Waals surface area contributed by atoms with Crippen LogP contribution in [-0.4, -0.2) is 39.8 Å². The van der Waals surface area contributed by atoms with Crippen LogP contribution in [0.25, 0.3) is 0 Å². The number of hydrogen-bond donors (Lipinski definition) is 4. The first-order valence-corrected chi connectivity index (χ1v) is 2.89. The monoisotopic (exact) mass is 154 g/mol. The molecule has 4 N–H and O–H groups in total. The maximum Gasteiger partial charge on any atom is 0.402 e. The summed E-state index contributed by atoms with van der Waals surface area (Å²) in [5, 5.41) is 28.8. The molecule has 10 heavy (non-hydrogen) atoms. The molecule has 0 saturated heterocycles. The number of rotatable bonds is 2. The zero-order valence-electron chi connectivity index (χ0n) is 6.11. The molecule has 0 atom stereocenters. The molecule has 0 radical (unpaired) electrons. The first-order chi connectivity index (χ1) is 4.41. The fourth-order valence-corrected chi connectivity index (χ4v) is 0.204. The number of ether oxygens (including phenoxy) is 1. The minimum atomic E-state index is -3.50. The predicted octanol–water partition coefficient (Wildman–Crippen LogP) is -1.39. The van der Waals surface area contributed by atoms with Crippen LogP contribution in [-0.2, 0) is 4.74 Å². The van der Waals surface area contributed by atoms with Gasteiger partial charge in [-0.25, -0.2) is 0 Å². The van der Waals surface area contributed by atoms with Crippen LogP contribution in [0.5, 0.6) is 0 Å². The van der Waals surface area contributed by atoms with Crippen LogP contribution >= 0.6 is 0 Å². The van der Waals surface area contributed by atoms with Gasteiger partial charge in [-0.3, -0.25) is 0 Å². The van der Waals surface area contributed by atoms with Crippen LogP contribution < -0.4 is 0 Å². The van der Waals surface area contributed by atoms with Crippen molar-refractivity contribution in [3.63, 3.8) is 0 Å². The van der Waals surface area contributed by atoms with E-state index in [1.807, 2.05) is 13.8 Å². The Labute approximate surface area is 59.5 Å². The van der Waals surface area contributed by atoms with E-state index < -0.39 is 6.16 Å². The van der Waals surface area contributed by atoms with Crippen LogP contribution in [0.1, 0.15) is 13.8 Å². The molecule has 0 heterocycles. The van der Waals surface area contributed by atoms with Crippen molar-refractivity contribution in [3.05, 3.63) is 0 Å². The Morgan fingerprint density at radius 2 is 1.20 bits per heavy atom. The van der Waals surface area contributed by atoms with Gasteiger partial charge in [-0.05, 0) is 13.8 Å². The Kier molecular flexibility index (Phi) is 8.62. The van der Waals surface area contributed by atoms with E-state index in [1.165, 1.54) is 0 Å². The lowest BCUT2D eigenvalue weighted by Gasteiger charge is -1.99. The lowest BCUT2D eigenvalue weighted by Crippen LogP contribution is -2.25. The second-order valence-corrected chi connectivity index (χ2v) is 1.38. The first kappa shape index (κ1) is 12.5. The number of aliphatic hydroxyl groups is 4. The van der Waals surface area contributed by atoms with Gasteiger partial charge in [-0.2, -0.15) is 0 Å². The number of hydrogen-bond acceptors (Lipinski definition) is 5. The largest absolute Gasteiger partial charge is 0.402 e. The lowest BCUT2D eigenvalue weighted by molar-refractivity contribution is -0.436. The van der Waals surface area contributed by atoms with Gasteiger partial charge in [-0.15, -0.1) is 0 Å². The highest BCUT2D eigenvalue weighted by molar-refractivity contribution is 4.07. The van der Waals surface area contributed by atoms with Crippen molar-refractivity contribution in [1.82, 2.24) is 0 Å². The topological polar surface area (TPSA) is 90.2 Å². The van der Waals surface area contributed by atoms with Gasteiger partial charge in [0.2, 0.25) is 0 Å². The summed E-state index contributed by atoms with van der Waals surface area (Å²) in [6, 6.07) is 0. The summed E-state index contributed by atoms with van der Waals surface area (Å²) in [5.74, 6) is 0. The molecule has 5 nitrogen and oxygen atoms in total. The van der Waals surface area contributed by atoms with Gasteiger partial charge in [0.1, 0.15) is 0 Å². The average molecular weight is 154 g/mol. The van der Waals surface area contributed by atoms with Gasteiger partial charge < -0.3 is 25.2 Å². The molecule has 0 spiro atoms. The summed E-state index contributed by atoms with van der Waals surface area (Å²) < 4.78 is 4.83. The zero-order valence-corrected chi connectivity index (χ0v) is 6.11. The summed E-state index contributed by atoms with van der Waals surface area (Å²) in [5.41, 5.74) is 0. The van der Waals surface area contributed by atoms with E-state index in [0.29, 0.717) is 0 Å². The quantitative estimate of drug-likeness (QED) is 0.368. The Balaban J connectivity index is 0. The highest BCUT2D eigenvalue weighted by Crippen LogP contribution is 1.75. The van der Waals surface area contributed by atoms with Crippen molar-refractivity contribution < 1.29 is 25.2 Å². The molecule has 0 aliphatic carbocycles. The summed E-state index contributed by atoms with van der Waals surface area (Å²) in [6.45, 7) is 5.67. The molecular formula is C5H14O5. The molecule has 0 saturated carbocycles. The maximum atomic E-state index is 7.19. The molecule has 0 aromatic carbocycles. The first-order valence-electron chi connectivity index (χ1n) is 2.89. The van der Waals surface area contributed by atoms with Gasteiger partial charge in [0.05, 0.1) is 0 Å². The second kappa shape index (κ2) is 6.91. The van der Waals surface area contributed by atoms with E-state index >= 15 is 0 Å². The average Bonchev–Trinajstić information content (AvgIpc) is 1.63. The van der Waals surface area contributed by atoms with Crippen LogP contribution in [0.15, 0.2) is 0 Å². The fraction of sp³-hybridized carbons (Fsp3) is 1.00. The molecule has 0 amide bonds. The third-order valence-electron chi connectivity index (χ3n) is 0.408. The van der Waals surface area contributed by atoms with Gasteiger partial charge >= 0.3 is 6.16 Å². The molecule has 0 fully saturated rings. The van der Waals surface area contributed by atoms with E-state index in [2.05, 4.69) is 0 Å². The zero-order chi connectivity index (χ0) is 8.62. The van der Waals surface area contributed by atoms with E-state index in [9.17, 15) is 0 Å². The van der Waals surface area contributed by atoms with Crippen molar-refractivity contribution in [1.29, 1.82) is 0 Å². The normalized spacial score (nSPS) is 10.2. The molecule has 0 aromatic heterocycles. The maximum absolute atomic E-state index is 7.19. The minimum Gasteiger partial charge on any atom is -0.382 e. The Morgan fingerprint density at radius 1 is 1.00 bits per heavy atom. The summed E-state index contributed by atoms with van der Waals surface area (Å²) >= 11 is 0. The van der Waals surface area contributed by atoms with Crippen molar-refractivity contribution in [3.8, 4) is 0 Å². The summed E-state index contributed by atoms with van der Waals surface area (Å²) in [4.78, 5) is 0. The Morgan fingerprint density at radius 3 is 1.20 bits per heavy atom. The molecule has 5 heteroatoms. The fourth-order valence-electron chi connectivity index (χ4n) is 0.204. The summed E-state index contributed by atoms with van der Waals surface area (Å²) in [7, 11) is 0. The van der Waals surface area contributed by atoms with Crippen LogP contribution in [0.2, 0.25) is 0 Å². The summed E-state index contributed by atoms with van der Waals surface area (Å²) in [6.07, 6.45) is -3.50. The van der Waals surface area contributed by atoms with E-state index in [1.54, 1.807) is 0 Å². The van der Waals surface area contributed by atoms with Crippen molar-refractivity contribution in [2.24, 2.45) is 0 Å². The SMILES string of the molecule is CCOCC.OC(O)(O)O. The molecule has 0 aliphatic rings. The molecule has 0 unspecified atom stereocenters. The highest BCUT2D eigenvalue weighted by Gasteiger charge is 2.07. The van der Waals surface area contributed by atoms with Gasteiger partial charge in [-0.1, -0.05) is 0 Å². The van der Waals surface area contributed by atoms with Gasteiger partial charge in [0.15, 0.2) is 0 Å². The molecule has 0 rings (SSSR count). The van der Waals surface area contributed by atoms with Crippen LogP contribution in [0.4, 0.5) is 0 Å². The van der Waals surface area contributed by atoms with Gasteiger partial charge in [0.25, 0.3) is 0 Å². The van der Waals surface area contributed by atoms with E-state index in [4.69, 9.17) is 25.2 Å². The smallest absolute Gasteiger partial charge is 0.382 e. The molecular weight excluding hydrogens is 140 g/mol. The van der Waals surface area contributed by atoms with Gasteiger partial charge in [0, 0.05) is 13.2 Å². The second-order valence-electron chi connectivity index (χ2n) is 1.38. The Hall–Kier alpha value is -0.200. The van der Waals surface area contributed by atoms with E-state index in [-0.39, 0.29) is 0 Å². The Bertz CT molecular complexity index is 49.5.